The molecule has 0 radical (unpaired) electrons. The molecule has 0 amide bonds. The molecule has 9 heteroatoms. The maximum Gasteiger partial charge on any atom is 0.273 e. The standard InChI is InChI=1S/C11H13BrClNO5S/c1-2-8(7-20(13,17)18)6-19-11-5-9(14(15)16)3-4-10(11)12/h3-5,8H,2,6-7H2,1H3. The van der Waals surface area contributed by atoms with Crippen LogP contribution in [0.2, 0.25) is 0 Å². The summed E-state index contributed by atoms with van der Waals surface area (Å²) in [5, 5.41) is 10.7. The van der Waals surface area contributed by atoms with Crippen LogP contribution in [0.25, 0.3) is 0 Å². The number of rotatable bonds is 7. The first-order valence-electron chi connectivity index (χ1n) is 5.72. The summed E-state index contributed by atoms with van der Waals surface area (Å²) in [6.07, 6.45) is 0.568. The van der Waals surface area contributed by atoms with Crippen LogP contribution < -0.4 is 4.74 Å². The highest BCUT2D eigenvalue weighted by Gasteiger charge is 2.17. The number of nitro benzene ring substituents is 1. The first-order chi connectivity index (χ1) is 9.23. The Labute approximate surface area is 129 Å². The molecule has 0 aliphatic heterocycles. The lowest BCUT2D eigenvalue weighted by Crippen LogP contribution is -2.19. The molecule has 1 aromatic carbocycles. The predicted octanol–water partition coefficient (Wildman–Crippen LogP) is 3.33. The van der Waals surface area contributed by atoms with Crippen LogP contribution in [0.3, 0.4) is 0 Å². The van der Waals surface area contributed by atoms with E-state index in [0.29, 0.717) is 16.6 Å². The Morgan fingerprint density at radius 3 is 2.65 bits per heavy atom. The van der Waals surface area contributed by atoms with E-state index in [1.165, 1.54) is 18.2 Å². The van der Waals surface area contributed by atoms with E-state index in [4.69, 9.17) is 15.4 Å². The van der Waals surface area contributed by atoms with Gasteiger partial charge in [-0.05, 0) is 28.4 Å². The lowest BCUT2D eigenvalue weighted by atomic mass is 10.1. The number of hydrogen-bond acceptors (Lipinski definition) is 5. The number of hydrogen-bond donors (Lipinski definition) is 0. The summed E-state index contributed by atoms with van der Waals surface area (Å²) in [7, 11) is 1.61. The summed E-state index contributed by atoms with van der Waals surface area (Å²) in [6, 6.07) is 4.14. The largest absolute Gasteiger partial charge is 0.492 e. The van der Waals surface area contributed by atoms with Crippen LogP contribution in [-0.4, -0.2) is 25.7 Å². The van der Waals surface area contributed by atoms with Crippen molar-refractivity contribution in [2.75, 3.05) is 12.4 Å². The molecular formula is C11H13BrClNO5S. The Balaban J connectivity index is 2.77. The van der Waals surface area contributed by atoms with E-state index >= 15 is 0 Å². The molecule has 0 spiro atoms. The highest BCUT2D eigenvalue weighted by molar-refractivity contribution is 9.10. The van der Waals surface area contributed by atoms with Crippen molar-refractivity contribution in [2.24, 2.45) is 5.92 Å². The molecule has 0 bridgehead atoms. The van der Waals surface area contributed by atoms with Gasteiger partial charge in [0, 0.05) is 22.7 Å². The van der Waals surface area contributed by atoms with Crippen molar-refractivity contribution in [1.29, 1.82) is 0 Å². The molecular weight excluding hydrogens is 374 g/mol. The zero-order valence-electron chi connectivity index (χ0n) is 10.6. The van der Waals surface area contributed by atoms with Crippen molar-refractivity contribution in [1.82, 2.24) is 0 Å². The molecule has 0 fully saturated rings. The van der Waals surface area contributed by atoms with Crippen molar-refractivity contribution in [3.63, 3.8) is 0 Å². The van der Waals surface area contributed by atoms with Gasteiger partial charge in [0.2, 0.25) is 9.05 Å². The third-order valence-electron chi connectivity index (χ3n) is 2.61. The highest BCUT2D eigenvalue weighted by Crippen LogP contribution is 2.29. The second-order valence-electron chi connectivity index (χ2n) is 4.16. The highest BCUT2D eigenvalue weighted by atomic mass is 79.9. The minimum absolute atomic E-state index is 0.0961. The third-order valence-corrected chi connectivity index (χ3v) is 4.51. The molecule has 0 heterocycles. The molecule has 0 N–H and O–H groups in total. The molecule has 0 aliphatic carbocycles. The second kappa shape index (κ2) is 7.24. The number of non-ortho nitro benzene ring substituents is 1. The van der Waals surface area contributed by atoms with Crippen molar-refractivity contribution in [3.8, 4) is 5.75 Å². The topological polar surface area (TPSA) is 86.5 Å². The lowest BCUT2D eigenvalue weighted by Gasteiger charge is -2.15. The van der Waals surface area contributed by atoms with Crippen molar-refractivity contribution in [2.45, 2.75) is 13.3 Å². The molecule has 6 nitrogen and oxygen atoms in total. The number of ether oxygens (including phenoxy) is 1. The van der Waals surface area contributed by atoms with E-state index in [2.05, 4.69) is 15.9 Å². The van der Waals surface area contributed by atoms with Gasteiger partial charge in [-0.25, -0.2) is 8.42 Å². The van der Waals surface area contributed by atoms with E-state index in [0.717, 1.165) is 0 Å². The molecule has 1 unspecified atom stereocenters. The fraction of sp³-hybridized carbons (Fsp3) is 0.455. The van der Waals surface area contributed by atoms with Gasteiger partial charge in [0.1, 0.15) is 5.75 Å². The van der Waals surface area contributed by atoms with Crippen LogP contribution in [-0.2, 0) is 9.05 Å². The van der Waals surface area contributed by atoms with Gasteiger partial charge in [-0.2, -0.15) is 0 Å². The molecule has 112 valence electrons. The maximum atomic E-state index is 11.0. The van der Waals surface area contributed by atoms with Gasteiger partial charge in [0.05, 0.1) is 27.8 Å². The number of halogens is 2. The van der Waals surface area contributed by atoms with Gasteiger partial charge >= 0.3 is 0 Å². The minimum atomic E-state index is -3.60. The van der Waals surface area contributed by atoms with Crippen LogP contribution in [0.1, 0.15) is 13.3 Å². The maximum absolute atomic E-state index is 11.0. The summed E-state index contributed by atoms with van der Waals surface area (Å²) >= 11 is 3.22. The fourth-order valence-corrected chi connectivity index (χ4v) is 3.28. The Bertz CT molecular complexity index is 592. The van der Waals surface area contributed by atoms with Crippen LogP contribution in [0, 0.1) is 16.0 Å². The fourth-order valence-electron chi connectivity index (χ4n) is 1.49. The van der Waals surface area contributed by atoms with E-state index < -0.39 is 14.0 Å². The van der Waals surface area contributed by atoms with Crippen LogP contribution >= 0.6 is 26.6 Å². The quantitative estimate of drug-likeness (QED) is 0.407. The molecule has 0 saturated carbocycles. The van der Waals surface area contributed by atoms with E-state index in [1.54, 1.807) is 0 Å². The summed E-state index contributed by atoms with van der Waals surface area (Å²) < 4.78 is 28.1. The summed E-state index contributed by atoms with van der Waals surface area (Å²) in [6.45, 7) is 1.93. The average Bonchev–Trinajstić information content (AvgIpc) is 2.34. The smallest absolute Gasteiger partial charge is 0.273 e. The molecule has 0 saturated heterocycles. The van der Waals surface area contributed by atoms with Gasteiger partial charge in [-0.3, -0.25) is 10.1 Å². The molecule has 20 heavy (non-hydrogen) atoms. The number of nitrogens with zero attached hydrogens (tertiary/aromatic N) is 1. The summed E-state index contributed by atoms with van der Waals surface area (Å²) in [5.41, 5.74) is -0.0961. The third kappa shape index (κ3) is 5.64. The predicted molar refractivity (Wildman–Crippen MR) is 79.7 cm³/mol. The van der Waals surface area contributed by atoms with E-state index in [-0.39, 0.29) is 24.0 Å². The Kier molecular flexibility index (Phi) is 6.22. The van der Waals surface area contributed by atoms with Crippen molar-refractivity contribution < 1.29 is 18.1 Å². The monoisotopic (exact) mass is 385 g/mol. The van der Waals surface area contributed by atoms with Crippen LogP contribution in [0.5, 0.6) is 5.75 Å². The first-order valence-corrected chi connectivity index (χ1v) is 8.99. The summed E-state index contributed by atoms with van der Waals surface area (Å²) in [5.74, 6) is -0.175. The molecule has 1 aromatic rings. The Hall–Kier alpha value is -0.860. The zero-order chi connectivity index (χ0) is 15.3. The van der Waals surface area contributed by atoms with Gasteiger partial charge in [-0.15, -0.1) is 0 Å². The van der Waals surface area contributed by atoms with E-state index in [9.17, 15) is 18.5 Å². The average molecular weight is 387 g/mol. The molecule has 0 aliphatic rings. The van der Waals surface area contributed by atoms with Crippen LogP contribution in [0.4, 0.5) is 5.69 Å². The van der Waals surface area contributed by atoms with Gasteiger partial charge in [0.15, 0.2) is 0 Å². The SMILES string of the molecule is CCC(COc1cc([N+](=O)[O-])ccc1Br)CS(=O)(=O)Cl. The zero-order valence-corrected chi connectivity index (χ0v) is 13.7. The first kappa shape index (κ1) is 17.2. The van der Waals surface area contributed by atoms with E-state index in [1.807, 2.05) is 6.92 Å². The number of nitro groups is 1. The normalized spacial score (nSPS) is 12.9. The number of benzene rings is 1. The molecule has 1 rings (SSSR count). The van der Waals surface area contributed by atoms with Gasteiger partial charge in [-0.1, -0.05) is 6.92 Å². The van der Waals surface area contributed by atoms with Crippen LogP contribution in [0.15, 0.2) is 22.7 Å². The molecule has 0 aromatic heterocycles. The van der Waals surface area contributed by atoms with Gasteiger partial charge in [0.25, 0.3) is 5.69 Å². The summed E-state index contributed by atoms with van der Waals surface area (Å²) in [4.78, 5) is 10.2. The van der Waals surface area contributed by atoms with Gasteiger partial charge < -0.3 is 4.74 Å². The Morgan fingerprint density at radius 2 is 2.15 bits per heavy atom. The van der Waals surface area contributed by atoms with Crippen molar-refractivity contribution in [3.05, 3.63) is 32.8 Å². The second-order valence-corrected chi connectivity index (χ2v) is 7.84. The Morgan fingerprint density at radius 1 is 1.50 bits per heavy atom. The minimum Gasteiger partial charge on any atom is -0.492 e. The molecule has 1 atom stereocenters. The van der Waals surface area contributed by atoms with Crippen molar-refractivity contribution >= 4 is 41.4 Å². The lowest BCUT2D eigenvalue weighted by molar-refractivity contribution is -0.385.